The molecule has 1 N–H and O–H groups in total. The van der Waals surface area contributed by atoms with Crippen molar-refractivity contribution in [1.82, 2.24) is 9.66 Å². The highest BCUT2D eigenvalue weighted by molar-refractivity contribution is 9.10. The van der Waals surface area contributed by atoms with Crippen LogP contribution in [0.25, 0.3) is 22.0 Å². The van der Waals surface area contributed by atoms with Crippen LogP contribution in [-0.2, 0) is 0 Å². The van der Waals surface area contributed by atoms with E-state index in [1.807, 2.05) is 72.1 Å². The second kappa shape index (κ2) is 8.90. The summed E-state index contributed by atoms with van der Waals surface area (Å²) >= 11 is 5.04. The summed E-state index contributed by atoms with van der Waals surface area (Å²) in [7, 11) is 0. The molecule has 3 aromatic carbocycles. The number of pyridine rings is 1. The van der Waals surface area contributed by atoms with Gasteiger partial charge in [-0.2, -0.15) is 5.10 Å². The van der Waals surface area contributed by atoms with E-state index in [1.54, 1.807) is 29.4 Å². The molecule has 5 nitrogen and oxygen atoms in total. The van der Waals surface area contributed by atoms with Crippen molar-refractivity contribution in [2.45, 2.75) is 0 Å². The summed E-state index contributed by atoms with van der Waals surface area (Å²) in [6, 6.07) is 23.3. The Bertz CT molecular complexity index is 1510. The fourth-order valence-electron chi connectivity index (χ4n) is 3.40. The number of aromatic hydroxyl groups is 1. The molecule has 0 aliphatic heterocycles. The van der Waals surface area contributed by atoms with Gasteiger partial charge in [0.05, 0.1) is 23.8 Å². The molecule has 0 radical (unpaired) electrons. The Morgan fingerprint density at radius 1 is 1.00 bits per heavy atom. The van der Waals surface area contributed by atoms with Crippen LogP contribution in [0.1, 0.15) is 5.56 Å². The largest absolute Gasteiger partial charge is 0.507 e. The number of phenols is 1. The molecule has 5 aromatic rings. The molecule has 2 heterocycles. The highest BCUT2D eigenvalue weighted by atomic mass is 79.9. The topological polar surface area (TPSA) is 62.8 Å². The molecule has 0 amide bonds. The number of aromatic nitrogens is 2. The molecule has 0 atom stereocenters. The number of benzene rings is 3. The smallest absolute Gasteiger partial charge is 0.211 e. The van der Waals surface area contributed by atoms with Crippen LogP contribution >= 0.6 is 27.3 Å². The highest BCUT2D eigenvalue weighted by Crippen LogP contribution is 2.27. The molecule has 0 bridgehead atoms. The first-order chi connectivity index (χ1) is 15.7. The minimum absolute atomic E-state index is 0.179. The van der Waals surface area contributed by atoms with Crippen molar-refractivity contribution < 1.29 is 5.11 Å². The average Bonchev–Trinajstić information content (AvgIpc) is 3.21. The Morgan fingerprint density at radius 2 is 1.91 bits per heavy atom. The lowest BCUT2D eigenvalue weighted by Gasteiger charge is -2.07. The van der Waals surface area contributed by atoms with Crippen LogP contribution in [0.15, 0.2) is 105 Å². The fraction of sp³-hybridized carbons (Fsp3) is 0. The second-order valence-corrected chi connectivity index (χ2v) is 8.76. The van der Waals surface area contributed by atoms with Crippen LogP contribution in [0, 0.1) is 0 Å². The number of hydrogen-bond donors (Lipinski definition) is 1. The summed E-state index contributed by atoms with van der Waals surface area (Å²) in [5, 5.41) is 19.3. The minimum atomic E-state index is 0.179. The van der Waals surface area contributed by atoms with Crippen LogP contribution in [0.3, 0.4) is 0 Å². The lowest BCUT2D eigenvalue weighted by molar-refractivity contribution is 0.475. The van der Waals surface area contributed by atoms with E-state index in [4.69, 9.17) is 10.1 Å². The quantitative estimate of drug-likeness (QED) is 0.292. The molecule has 0 spiro atoms. The molecule has 0 unspecified atom stereocenters. The second-order valence-electron chi connectivity index (χ2n) is 7.01. The van der Waals surface area contributed by atoms with E-state index in [0.717, 1.165) is 32.2 Å². The molecule has 156 valence electrons. The van der Waals surface area contributed by atoms with Crippen molar-refractivity contribution in [3.05, 3.63) is 105 Å². The van der Waals surface area contributed by atoms with E-state index in [0.29, 0.717) is 10.4 Å². The van der Waals surface area contributed by atoms with Gasteiger partial charge in [0, 0.05) is 27.2 Å². The van der Waals surface area contributed by atoms with Gasteiger partial charge >= 0.3 is 0 Å². The maximum Gasteiger partial charge on any atom is 0.211 e. The Balaban J connectivity index is 1.70. The number of nitrogens with zero attached hydrogens (tertiary/aromatic N) is 4. The monoisotopic (exact) mass is 500 g/mol. The zero-order chi connectivity index (χ0) is 21.9. The summed E-state index contributed by atoms with van der Waals surface area (Å²) in [6.45, 7) is 0. The molecule has 0 saturated heterocycles. The van der Waals surface area contributed by atoms with Crippen LogP contribution in [0.4, 0.5) is 5.69 Å². The SMILES string of the molecule is Oc1ccc2ccccc2c1C=Nn1c(-c2cccc(Br)c2)csc1=Nc1cccnc1. The Hall–Kier alpha value is -3.55. The molecule has 0 saturated carbocycles. The predicted octanol–water partition coefficient (Wildman–Crippen LogP) is 6.35. The summed E-state index contributed by atoms with van der Waals surface area (Å²) in [4.78, 5) is 9.59. The van der Waals surface area contributed by atoms with Gasteiger partial charge in [-0.05, 0) is 41.1 Å². The maximum absolute atomic E-state index is 10.5. The Labute approximate surface area is 196 Å². The van der Waals surface area contributed by atoms with Crippen molar-refractivity contribution in [2.75, 3.05) is 0 Å². The molecule has 5 rings (SSSR count). The van der Waals surface area contributed by atoms with E-state index in [-0.39, 0.29) is 5.75 Å². The third-order valence-corrected chi connectivity index (χ3v) is 6.24. The van der Waals surface area contributed by atoms with Gasteiger partial charge < -0.3 is 5.11 Å². The number of halogens is 1. The molecule has 0 fully saturated rings. The maximum atomic E-state index is 10.5. The van der Waals surface area contributed by atoms with Crippen molar-refractivity contribution in [3.8, 4) is 17.0 Å². The zero-order valence-electron chi connectivity index (χ0n) is 16.8. The third-order valence-electron chi connectivity index (χ3n) is 4.93. The van der Waals surface area contributed by atoms with Gasteiger partial charge in [0.15, 0.2) is 0 Å². The number of phenolic OH excluding ortho intramolecular Hbond substituents is 1. The van der Waals surface area contributed by atoms with Gasteiger partial charge in [0.2, 0.25) is 4.80 Å². The van der Waals surface area contributed by atoms with E-state index in [9.17, 15) is 5.11 Å². The standard InChI is InChI=1S/C25H17BrN4OS/c26-19-7-3-6-18(13-19)23-16-32-25(29-20-8-4-12-27-14-20)30(23)28-15-22-21-9-2-1-5-17(21)10-11-24(22)31/h1-16,31H. The lowest BCUT2D eigenvalue weighted by Crippen LogP contribution is -2.11. The van der Waals surface area contributed by atoms with Crippen LogP contribution in [-0.4, -0.2) is 21.0 Å². The summed E-state index contributed by atoms with van der Waals surface area (Å²) in [5.74, 6) is 0.179. The summed E-state index contributed by atoms with van der Waals surface area (Å²) in [5.41, 5.74) is 3.30. The molecule has 0 aliphatic rings. The molecule has 0 aliphatic carbocycles. The number of fused-ring (bicyclic) bond motifs is 1. The molecule has 32 heavy (non-hydrogen) atoms. The van der Waals surface area contributed by atoms with Gasteiger partial charge in [-0.3, -0.25) is 4.98 Å². The normalized spacial score (nSPS) is 12.1. The van der Waals surface area contributed by atoms with Gasteiger partial charge in [-0.25, -0.2) is 9.67 Å². The van der Waals surface area contributed by atoms with Crippen LogP contribution in [0.2, 0.25) is 0 Å². The fourth-order valence-corrected chi connectivity index (χ4v) is 4.66. The van der Waals surface area contributed by atoms with Gasteiger partial charge in [-0.1, -0.05) is 58.4 Å². The first-order valence-electron chi connectivity index (χ1n) is 9.85. The third kappa shape index (κ3) is 4.12. The van der Waals surface area contributed by atoms with Crippen LogP contribution < -0.4 is 4.80 Å². The van der Waals surface area contributed by atoms with Crippen LogP contribution in [0.5, 0.6) is 5.75 Å². The van der Waals surface area contributed by atoms with Crippen molar-refractivity contribution >= 4 is 49.9 Å². The lowest BCUT2D eigenvalue weighted by atomic mass is 10.0. The predicted molar refractivity (Wildman–Crippen MR) is 134 cm³/mol. The number of rotatable bonds is 4. The van der Waals surface area contributed by atoms with E-state index in [1.165, 1.54) is 11.3 Å². The average molecular weight is 501 g/mol. The first-order valence-corrected chi connectivity index (χ1v) is 11.5. The molecular formula is C25H17BrN4OS. The van der Waals surface area contributed by atoms with Crippen molar-refractivity contribution in [3.63, 3.8) is 0 Å². The summed E-state index contributed by atoms with van der Waals surface area (Å²) < 4.78 is 2.77. The Kier molecular flexibility index (Phi) is 5.66. The molecular weight excluding hydrogens is 484 g/mol. The van der Waals surface area contributed by atoms with Gasteiger partial charge in [-0.15, -0.1) is 11.3 Å². The van der Waals surface area contributed by atoms with Crippen molar-refractivity contribution in [2.24, 2.45) is 10.1 Å². The van der Waals surface area contributed by atoms with E-state index in [2.05, 4.69) is 20.9 Å². The van der Waals surface area contributed by atoms with Gasteiger partial charge in [0.1, 0.15) is 5.75 Å². The summed E-state index contributed by atoms with van der Waals surface area (Å²) in [6.07, 6.45) is 5.12. The Morgan fingerprint density at radius 3 is 2.75 bits per heavy atom. The first kappa shape index (κ1) is 20.4. The molecule has 2 aromatic heterocycles. The number of hydrogen-bond acceptors (Lipinski definition) is 5. The van der Waals surface area contributed by atoms with Gasteiger partial charge in [0.25, 0.3) is 0 Å². The van der Waals surface area contributed by atoms with E-state index >= 15 is 0 Å². The van der Waals surface area contributed by atoms with Crippen molar-refractivity contribution in [1.29, 1.82) is 0 Å². The zero-order valence-corrected chi connectivity index (χ0v) is 19.2. The highest BCUT2D eigenvalue weighted by Gasteiger charge is 2.10. The minimum Gasteiger partial charge on any atom is -0.507 e. The molecule has 7 heteroatoms. The number of thiazole rings is 1. The van der Waals surface area contributed by atoms with E-state index < -0.39 is 0 Å².